The van der Waals surface area contributed by atoms with Crippen LogP contribution in [0.1, 0.15) is 22.2 Å². The molecule has 0 fully saturated rings. The van der Waals surface area contributed by atoms with Gasteiger partial charge < -0.3 is 4.90 Å². The number of nitrogens with zero attached hydrogens (tertiary/aromatic N) is 1. The largest absolute Gasteiger partial charge is 0.334 e. The van der Waals surface area contributed by atoms with E-state index in [2.05, 4.69) is 0 Å². The molecule has 0 bridgehead atoms. The summed E-state index contributed by atoms with van der Waals surface area (Å²) < 4.78 is 13.6. The Morgan fingerprint density at radius 2 is 1.95 bits per heavy atom. The molecule has 2 aromatic rings. The molecule has 1 aromatic carbocycles. The predicted octanol–water partition coefficient (Wildman–Crippen LogP) is 4.20. The molecule has 100 valence electrons. The molecule has 0 aliphatic heterocycles. The van der Waals surface area contributed by atoms with E-state index in [1.807, 2.05) is 19.1 Å². The Morgan fingerprint density at radius 1 is 1.26 bits per heavy atom. The molecule has 0 unspecified atom stereocenters. The van der Waals surface area contributed by atoms with E-state index in [4.69, 9.17) is 11.6 Å². The van der Waals surface area contributed by atoms with Crippen molar-refractivity contribution in [2.24, 2.45) is 0 Å². The Bertz CT molecular complexity index is 567. The van der Waals surface area contributed by atoms with Crippen molar-refractivity contribution in [1.29, 1.82) is 0 Å². The average Bonchev–Trinajstić information content (AvgIpc) is 2.81. The van der Waals surface area contributed by atoms with Crippen LogP contribution in [0.15, 0.2) is 36.4 Å². The molecule has 2 rings (SSSR count). The summed E-state index contributed by atoms with van der Waals surface area (Å²) in [5, 5.41) is 0. The Labute approximate surface area is 120 Å². The normalized spacial score (nSPS) is 10.5. The lowest BCUT2D eigenvalue weighted by Crippen LogP contribution is -2.29. The van der Waals surface area contributed by atoms with Gasteiger partial charge in [-0.25, -0.2) is 4.39 Å². The van der Waals surface area contributed by atoms with Gasteiger partial charge in [0.1, 0.15) is 5.82 Å². The number of benzene rings is 1. The van der Waals surface area contributed by atoms with Crippen LogP contribution >= 0.6 is 22.9 Å². The van der Waals surface area contributed by atoms with E-state index < -0.39 is 0 Å². The van der Waals surface area contributed by atoms with Crippen molar-refractivity contribution in [1.82, 2.24) is 4.90 Å². The zero-order valence-electron chi connectivity index (χ0n) is 10.4. The number of halogens is 2. The highest BCUT2D eigenvalue weighted by atomic mass is 35.5. The molecule has 0 aliphatic rings. The first kappa shape index (κ1) is 14.0. The Morgan fingerprint density at radius 3 is 2.47 bits per heavy atom. The number of hydrogen-bond acceptors (Lipinski definition) is 2. The second kappa shape index (κ2) is 6.17. The van der Waals surface area contributed by atoms with Crippen molar-refractivity contribution >= 4 is 28.8 Å². The fourth-order valence-corrected chi connectivity index (χ4v) is 2.83. The molecule has 0 N–H and O–H groups in total. The highest BCUT2D eigenvalue weighted by Gasteiger charge is 2.15. The van der Waals surface area contributed by atoms with Crippen LogP contribution in [0.3, 0.4) is 0 Å². The van der Waals surface area contributed by atoms with Crippen LogP contribution in [-0.2, 0) is 6.54 Å². The van der Waals surface area contributed by atoms with Gasteiger partial charge in [0.2, 0.25) is 0 Å². The van der Waals surface area contributed by atoms with Crippen LogP contribution < -0.4 is 0 Å². The molecular weight excluding hydrogens is 285 g/mol. The van der Waals surface area contributed by atoms with Crippen molar-refractivity contribution in [2.45, 2.75) is 13.5 Å². The molecule has 5 heteroatoms. The minimum atomic E-state index is -0.343. The molecule has 0 radical (unpaired) electrons. The standard InChI is InChI=1S/C14H13ClFNOS/c1-2-17(9-12-7-8-13(15)19-12)14(18)10-3-5-11(16)6-4-10/h3-8H,2,9H2,1H3. The first-order valence-corrected chi connectivity index (χ1v) is 7.08. The van der Waals surface area contributed by atoms with E-state index in [1.165, 1.54) is 35.6 Å². The first-order valence-electron chi connectivity index (χ1n) is 5.89. The molecule has 1 amide bonds. The molecule has 0 saturated carbocycles. The smallest absolute Gasteiger partial charge is 0.254 e. The third kappa shape index (κ3) is 3.55. The van der Waals surface area contributed by atoms with Crippen molar-refractivity contribution in [2.75, 3.05) is 6.54 Å². The topological polar surface area (TPSA) is 20.3 Å². The summed E-state index contributed by atoms with van der Waals surface area (Å²) in [4.78, 5) is 15.0. The minimum absolute atomic E-state index is 0.105. The van der Waals surface area contributed by atoms with Crippen molar-refractivity contribution in [3.63, 3.8) is 0 Å². The van der Waals surface area contributed by atoms with Gasteiger partial charge in [-0.3, -0.25) is 4.79 Å². The quantitative estimate of drug-likeness (QED) is 0.828. The fraction of sp³-hybridized carbons (Fsp3) is 0.214. The highest BCUT2D eigenvalue weighted by Crippen LogP contribution is 2.23. The zero-order valence-corrected chi connectivity index (χ0v) is 12.0. The van der Waals surface area contributed by atoms with Crippen LogP contribution in [0.2, 0.25) is 4.34 Å². The summed E-state index contributed by atoms with van der Waals surface area (Å²) in [5.74, 6) is -0.448. The van der Waals surface area contributed by atoms with E-state index in [-0.39, 0.29) is 11.7 Å². The maximum atomic E-state index is 12.8. The van der Waals surface area contributed by atoms with Gasteiger partial charge >= 0.3 is 0 Å². The van der Waals surface area contributed by atoms with E-state index in [9.17, 15) is 9.18 Å². The maximum absolute atomic E-state index is 12.8. The molecule has 1 aromatic heterocycles. The first-order chi connectivity index (χ1) is 9.10. The second-order valence-corrected chi connectivity index (χ2v) is 5.83. The zero-order chi connectivity index (χ0) is 13.8. The maximum Gasteiger partial charge on any atom is 0.254 e. The average molecular weight is 298 g/mol. The third-order valence-corrected chi connectivity index (χ3v) is 3.95. The molecule has 1 heterocycles. The lowest BCUT2D eigenvalue weighted by molar-refractivity contribution is 0.0754. The highest BCUT2D eigenvalue weighted by molar-refractivity contribution is 7.16. The molecule has 0 saturated heterocycles. The fourth-order valence-electron chi connectivity index (χ4n) is 1.73. The molecule has 0 spiro atoms. The monoisotopic (exact) mass is 297 g/mol. The van der Waals surface area contributed by atoms with Gasteiger partial charge in [0.25, 0.3) is 5.91 Å². The SMILES string of the molecule is CCN(Cc1ccc(Cl)s1)C(=O)c1ccc(F)cc1. The number of rotatable bonds is 4. The summed E-state index contributed by atoms with van der Waals surface area (Å²) in [6.45, 7) is 3.02. The number of carbonyl (C=O) groups is 1. The summed E-state index contributed by atoms with van der Waals surface area (Å²) in [7, 11) is 0. The van der Waals surface area contributed by atoms with E-state index in [1.54, 1.807) is 4.90 Å². The van der Waals surface area contributed by atoms with Gasteiger partial charge in [-0.2, -0.15) is 0 Å². The van der Waals surface area contributed by atoms with E-state index in [0.717, 1.165) is 4.88 Å². The summed E-state index contributed by atoms with van der Waals surface area (Å²) >= 11 is 7.33. The summed E-state index contributed by atoms with van der Waals surface area (Å²) in [6.07, 6.45) is 0. The molecule has 0 atom stereocenters. The van der Waals surface area contributed by atoms with Gasteiger partial charge in [0.05, 0.1) is 10.9 Å². The van der Waals surface area contributed by atoms with Gasteiger partial charge in [-0.1, -0.05) is 11.6 Å². The van der Waals surface area contributed by atoms with Crippen LogP contribution in [0.5, 0.6) is 0 Å². The number of hydrogen-bond donors (Lipinski definition) is 0. The summed E-state index contributed by atoms with van der Waals surface area (Å²) in [6, 6.07) is 9.32. The summed E-state index contributed by atoms with van der Waals surface area (Å²) in [5.41, 5.74) is 0.492. The minimum Gasteiger partial charge on any atom is -0.334 e. The van der Waals surface area contributed by atoms with Crippen molar-refractivity contribution < 1.29 is 9.18 Å². The Balaban J connectivity index is 2.12. The lowest BCUT2D eigenvalue weighted by Gasteiger charge is -2.20. The van der Waals surface area contributed by atoms with E-state index in [0.29, 0.717) is 23.0 Å². The van der Waals surface area contributed by atoms with Crippen LogP contribution in [-0.4, -0.2) is 17.4 Å². The third-order valence-electron chi connectivity index (χ3n) is 2.74. The van der Waals surface area contributed by atoms with Gasteiger partial charge in [-0.15, -0.1) is 11.3 Å². The van der Waals surface area contributed by atoms with Crippen LogP contribution in [0, 0.1) is 5.82 Å². The predicted molar refractivity (Wildman–Crippen MR) is 76.1 cm³/mol. The van der Waals surface area contributed by atoms with Crippen LogP contribution in [0.4, 0.5) is 4.39 Å². The van der Waals surface area contributed by atoms with Gasteiger partial charge in [0, 0.05) is 17.0 Å². The number of amides is 1. The molecule has 0 aliphatic carbocycles. The molecule has 19 heavy (non-hydrogen) atoms. The molecule has 2 nitrogen and oxygen atoms in total. The van der Waals surface area contributed by atoms with Crippen molar-refractivity contribution in [3.05, 3.63) is 57.0 Å². The molecular formula is C14H13ClFNOS. The Hall–Kier alpha value is -1.39. The Kier molecular flexibility index (Phi) is 4.56. The van der Waals surface area contributed by atoms with Gasteiger partial charge in [0.15, 0.2) is 0 Å². The van der Waals surface area contributed by atoms with Crippen molar-refractivity contribution in [3.8, 4) is 0 Å². The number of thiophene rings is 1. The lowest BCUT2D eigenvalue weighted by atomic mass is 10.2. The number of carbonyl (C=O) groups excluding carboxylic acids is 1. The second-order valence-electron chi connectivity index (χ2n) is 4.03. The van der Waals surface area contributed by atoms with Gasteiger partial charge in [-0.05, 0) is 43.3 Å². The van der Waals surface area contributed by atoms with E-state index >= 15 is 0 Å². The van der Waals surface area contributed by atoms with Crippen LogP contribution in [0.25, 0.3) is 0 Å².